The van der Waals surface area contributed by atoms with E-state index >= 15 is 0 Å². The first-order chi connectivity index (χ1) is 12.2. The molecule has 26 heavy (non-hydrogen) atoms. The van der Waals surface area contributed by atoms with Crippen molar-refractivity contribution in [3.63, 3.8) is 0 Å². The van der Waals surface area contributed by atoms with E-state index in [1.807, 2.05) is 0 Å². The van der Waals surface area contributed by atoms with E-state index in [4.69, 9.17) is 0 Å². The number of aliphatic hydroxyl groups excluding tert-OH is 1. The number of pyridine rings is 1. The van der Waals surface area contributed by atoms with E-state index in [0.29, 0.717) is 28.2 Å². The molecule has 3 rings (SSSR count). The zero-order valence-electron chi connectivity index (χ0n) is 13.6. The highest BCUT2D eigenvalue weighted by molar-refractivity contribution is 5.58. The van der Waals surface area contributed by atoms with Crippen molar-refractivity contribution in [3.8, 4) is 11.3 Å². The normalized spacial score (nSPS) is 12.8. The molecule has 0 amide bonds. The Morgan fingerprint density at radius 2 is 1.77 bits per heavy atom. The number of aryl methyl sites for hydroxylation is 1. The lowest BCUT2D eigenvalue weighted by atomic mass is 10.00. The standard InChI is InChI=1S/C18H14F3N3O2/c1-10-23-15(7-16(25)24-10)12-6-13(9-22-8-12)17(26)11-2-4-14(5-3-11)18(19,20)21/h2-9,17,26H,1H3,(H,23,24,25). The quantitative estimate of drug-likeness (QED) is 0.751. The fourth-order valence-corrected chi connectivity index (χ4v) is 2.52. The number of halogens is 3. The molecule has 0 bridgehead atoms. The molecule has 8 heteroatoms. The summed E-state index contributed by atoms with van der Waals surface area (Å²) in [7, 11) is 0. The Kier molecular flexibility index (Phi) is 4.60. The van der Waals surface area contributed by atoms with Crippen LogP contribution in [0.25, 0.3) is 11.3 Å². The lowest BCUT2D eigenvalue weighted by Gasteiger charge is -2.14. The highest BCUT2D eigenvalue weighted by Crippen LogP contribution is 2.31. The molecule has 2 N–H and O–H groups in total. The number of aliphatic hydroxyl groups is 1. The second-order valence-electron chi connectivity index (χ2n) is 5.75. The van der Waals surface area contributed by atoms with Crippen LogP contribution in [0.3, 0.4) is 0 Å². The zero-order chi connectivity index (χ0) is 18.9. The molecule has 1 unspecified atom stereocenters. The van der Waals surface area contributed by atoms with E-state index < -0.39 is 17.8 Å². The van der Waals surface area contributed by atoms with E-state index in [2.05, 4.69) is 15.0 Å². The predicted molar refractivity (Wildman–Crippen MR) is 88.3 cm³/mol. The smallest absolute Gasteiger partial charge is 0.384 e. The Labute approximate surface area is 146 Å². The van der Waals surface area contributed by atoms with Gasteiger partial charge in [0.25, 0.3) is 5.56 Å². The Bertz CT molecular complexity index is 982. The lowest BCUT2D eigenvalue weighted by molar-refractivity contribution is -0.137. The van der Waals surface area contributed by atoms with E-state index in [0.717, 1.165) is 12.1 Å². The van der Waals surface area contributed by atoms with Crippen molar-refractivity contribution in [2.24, 2.45) is 0 Å². The summed E-state index contributed by atoms with van der Waals surface area (Å²) >= 11 is 0. The first-order valence-corrected chi connectivity index (χ1v) is 7.62. The van der Waals surface area contributed by atoms with Crippen molar-refractivity contribution in [1.82, 2.24) is 15.0 Å². The van der Waals surface area contributed by atoms with Crippen LogP contribution in [0, 0.1) is 6.92 Å². The van der Waals surface area contributed by atoms with Gasteiger partial charge in [0.2, 0.25) is 0 Å². The van der Waals surface area contributed by atoms with Gasteiger partial charge < -0.3 is 10.1 Å². The first kappa shape index (κ1) is 17.8. The Morgan fingerprint density at radius 1 is 1.08 bits per heavy atom. The van der Waals surface area contributed by atoms with Gasteiger partial charge in [-0.1, -0.05) is 12.1 Å². The second kappa shape index (κ2) is 6.72. The van der Waals surface area contributed by atoms with Gasteiger partial charge in [-0.2, -0.15) is 13.2 Å². The molecule has 134 valence electrons. The van der Waals surface area contributed by atoms with Gasteiger partial charge in [-0.3, -0.25) is 9.78 Å². The molecular formula is C18H14F3N3O2. The van der Waals surface area contributed by atoms with Gasteiger partial charge in [-0.25, -0.2) is 4.98 Å². The summed E-state index contributed by atoms with van der Waals surface area (Å²) in [5, 5.41) is 10.5. The minimum Gasteiger partial charge on any atom is -0.384 e. The maximum Gasteiger partial charge on any atom is 0.416 e. The predicted octanol–water partition coefficient (Wildman–Crippen LogP) is 3.24. The monoisotopic (exact) mass is 361 g/mol. The summed E-state index contributed by atoms with van der Waals surface area (Å²) in [5.41, 5.74) is 0.474. The van der Waals surface area contributed by atoms with Crippen LogP contribution in [-0.4, -0.2) is 20.1 Å². The van der Waals surface area contributed by atoms with Crippen molar-refractivity contribution in [2.75, 3.05) is 0 Å². The summed E-state index contributed by atoms with van der Waals surface area (Å²) in [5.74, 6) is 0.432. The summed E-state index contributed by atoms with van der Waals surface area (Å²) in [6, 6.07) is 7.16. The van der Waals surface area contributed by atoms with Crippen molar-refractivity contribution in [1.29, 1.82) is 0 Å². The molecule has 0 aliphatic rings. The molecule has 0 aliphatic carbocycles. The van der Waals surface area contributed by atoms with Crippen molar-refractivity contribution in [2.45, 2.75) is 19.2 Å². The van der Waals surface area contributed by atoms with Gasteiger partial charge in [-0.05, 0) is 30.7 Å². The average Bonchev–Trinajstić information content (AvgIpc) is 2.60. The number of aromatic nitrogens is 3. The molecule has 0 radical (unpaired) electrons. The lowest BCUT2D eigenvalue weighted by Crippen LogP contribution is -2.09. The van der Waals surface area contributed by atoms with E-state index in [9.17, 15) is 23.1 Å². The minimum atomic E-state index is -4.44. The highest BCUT2D eigenvalue weighted by Gasteiger charge is 2.30. The number of hydrogen-bond acceptors (Lipinski definition) is 4. The molecule has 5 nitrogen and oxygen atoms in total. The number of alkyl halides is 3. The molecule has 0 saturated heterocycles. The van der Waals surface area contributed by atoms with Gasteiger partial charge in [-0.15, -0.1) is 0 Å². The molecule has 3 aromatic rings. The molecule has 0 fully saturated rings. The number of aromatic amines is 1. The summed E-state index contributed by atoms with van der Waals surface area (Å²) in [6.45, 7) is 1.64. The largest absolute Gasteiger partial charge is 0.416 e. The molecule has 0 spiro atoms. The van der Waals surface area contributed by atoms with E-state index in [1.54, 1.807) is 13.0 Å². The van der Waals surface area contributed by atoms with Crippen molar-refractivity contribution < 1.29 is 18.3 Å². The van der Waals surface area contributed by atoms with Crippen LogP contribution in [0.15, 0.2) is 53.6 Å². The highest BCUT2D eigenvalue weighted by atomic mass is 19.4. The van der Waals surface area contributed by atoms with Gasteiger partial charge in [0, 0.05) is 29.6 Å². The SMILES string of the molecule is Cc1nc(-c2cncc(C(O)c3ccc(C(F)(F)F)cc3)c2)cc(=O)[nH]1. The van der Waals surface area contributed by atoms with Gasteiger partial charge in [0.05, 0.1) is 11.3 Å². The molecule has 1 aromatic carbocycles. The maximum absolute atomic E-state index is 12.6. The third-order valence-corrected chi connectivity index (χ3v) is 3.78. The summed E-state index contributed by atoms with van der Waals surface area (Å²) in [4.78, 5) is 22.4. The van der Waals surface area contributed by atoms with Crippen LogP contribution in [-0.2, 0) is 6.18 Å². The van der Waals surface area contributed by atoms with Gasteiger partial charge >= 0.3 is 6.18 Å². The molecule has 0 saturated carbocycles. The van der Waals surface area contributed by atoms with Crippen LogP contribution in [0.2, 0.25) is 0 Å². The Morgan fingerprint density at radius 3 is 2.38 bits per heavy atom. The summed E-state index contributed by atoms with van der Waals surface area (Å²) < 4.78 is 37.9. The Balaban J connectivity index is 1.93. The summed E-state index contributed by atoms with van der Waals surface area (Å²) in [6.07, 6.45) is -2.70. The fraction of sp³-hybridized carbons (Fsp3) is 0.167. The van der Waals surface area contributed by atoms with Crippen LogP contribution in [0.4, 0.5) is 13.2 Å². The topological polar surface area (TPSA) is 78.9 Å². The Hall–Kier alpha value is -3.00. The number of H-pyrrole nitrogens is 1. The minimum absolute atomic E-state index is 0.298. The zero-order valence-corrected chi connectivity index (χ0v) is 13.6. The van der Waals surface area contributed by atoms with Gasteiger partial charge in [0.15, 0.2) is 0 Å². The van der Waals surface area contributed by atoms with E-state index in [1.165, 1.54) is 30.6 Å². The van der Waals surface area contributed by atoms with Gasteiger partial charge in [0.1, 0.15) is 11.9 Å². The molecule has 2 heterocycles. The van der Waals surface area contributed by atoms with Crippen LogP contribution < -0.4 is 5.56 Å². The van der Waals surface area contributed by atoms with Crippen molar-refractivity contribution >= 4 is 0 Å². The average molecular weight is 361 g/mol. The second-order valence-corrected chi connectivity index (χ2v) is 5.75. The van der Waals surface area contributed by atoms with Crippen molar-refractivity contribution in [3.05, 3.63) is 81.7 Å². The number of hydrogen-bond donors (Lipinski definition) is 2. The van der Waals surface area contributed by atoms with Crippen LogP contribution >= 0.6 is 0 Å². The van der Waals surface area contributed by atoms with Crippen LogP contribution in [0.1, 0.15) is 28.6 Å². The fourth-order valence-electron chi connectivity index (χ4n) is 2.52. The third kappa shape index (κ3) is 3.80. The number of benzene rings is 1. The maximum atomic E-state index is 12.6. The number of rotatable bonds is 3. The van der Waals surface area contributed by atoms with Crippen LogP contribution in [0.5, 0.6) is 0 Å². The molecule has 0 aliphatic heterocycles. The third-order valence-electron chi connectivity index (χ3n) is 3.78. The number of nitrogens with zero attached hydrogens (tertiary/aromatic N) is 2. The van der Waals surface area contributed by atoms with E-state index in [-0.39, 0.29) is 5.56 Å². The molecule has 2 aromatic heterocycles. The number of nitrogens with one attached hydrogen (secondary N) is 1. The first-order valence-electron chi connectivity index (χ1n) is 7.62. The molecular weight excluding hydrogens is 347 g/mol. The molecule has 1 atom stereocenters.